The fraction of sp³-hybridized carbons (Fsp3) is 0.533. The standard InChI is InChI=1S/C15H24N2O/c1-16-12-11-15(18)17(2)13-7-6-10-14-8-4-3-5-9-14/h3-5,8-9,16H,6-7,10-13H2,1-2H3. The van der Waals surface area contributed by atoms with Crippen molar-refractivity contribution in [1.29, 1.82) is 0 Å². The van der Waals surface area contributed by atoms with Crippen molar-refractivity contribution in [1.82, 2.24) is 10.2 Å². The van der Waals surface area contributed by atoms with Crippen LogP contribution < -0.4 is 5.32 Å². The fourth-order valence-corrected chi connectivity index (χ4v) is 1.87. The van der Waals surface area contributed by atoms with Crippen LogP contribution in [0.3, 0.4) is 0 Å². The molecule has 0 spiro atoms. The molecular weight excluding hydrogens is 224 g/mol. The zero-order chi connectivity index (χ0) is 13.2. The molecule has 1 rings (SSSR count). The number of hydrogen-bond acceptors (Lipinski definition) is 2. The number of rotatable bonds is 8. The Bertz CT molecular complexity index is 338. The summed E-state index contributed by atoms with van der Waals surface area (Å²) in [4.78, 5) is 13.5. The minimum absolute atomic E-state index is 0.226. The maximum absolute atomic E-state index is 11.7. The number of carbonyl (C=O) groups excluding carboxylic acids is 1. The van der Waals surface area contributed by atoms with Crippen LogP contribution in [0.1, 0.15) is 24.8 Å². The van der Waals surface area contributed by atoms with E-state index in [4.69, 9.17) is 0 Å². The maximum Gasteiger partial charge on any atom is 0.223 e. The number of nitrogens with one attached hydrogen (secondary N) is 1. The van der Waals surface area contributed by atoms with Gasteiger partial charge >= 0.3 is 0 Å². The molecule has 0 bridgehead atoms. The molecule has 1 aromatic rings. The predicted molar refractivity (Wildman–Crippen MR) is 75.6 cm³/mol. The Balaban J connectivity index is 2.12. The molecule has 1 N–H and O–H groups in total. The van der Waals surface area contributed by atoms with Crippen molar-refractivity contribution >= 4 is 5.91 Å². The molecule has 100 valence electrons. The molecule has 18 heavy (non-hydrogen) atoms. The molecule has 0 fully saturated rings. The Morgan fingerprint density at radius 1 is 1.22 bits per heavy atom. The van der Waals surface area contributed by atoms with Gasteiger partial charge in [0.05, 0.1) is 0 Å². The quantitative estimate of drug-likeness (QED) is 0.714. The third-order valence-corrected chi connectivity index (χ3v) is 3.07. The molecule has 0 saturated carbocycles. The van der Waals surface area contributed by atoms with Gasteiger partial charge in [-0.15, -0.1) is 0 Å². The van der Waals surface area contributed by atoms with Crippen molar-refractivity contribution < 1.29 is 4.79 Å². The minimum atomic E-state index is 0.226. The second-order valence-corrected chi connectivity index (χ2v) is 4.61. The number of carbonyl (C=O) groups is 1. The summed E-state index contributed by atoms with van der Waals surface area (Å²) in [5.74, 6) is 0.226. The van der Waals surface area contributed by atoms with Crippen LogP contribution in [0.15, 0.2) is 30.3 Å². The molecule has 0 aliphatic rings. The fourth-order valence-electron chi connectivity index (χ4n) is 1.87. The van der Waals surface area contributed by atoms with Crippen molar-refractivity contribution in [3.8, 4) is 0 Å². The van der Waals surface area contributed by atoms with E-state index in [0.717, 1.165) is 32.4 Å². The molecule has 0 aliphatic heterocycles. The molecular formula is C15H24N2O. The van der Waals surface area contributed by atoms with Crippen LogP contribution in [0.5, 0.6) is 0 Å². The third kappa shape index (κ3) is 5.82. The molecule has 3 heteroatoms. The van der Waals surface area contributed by atoms with Gasteiger partial charge in [0, 0.05) is 26.6 Å². The second kappa shape index (κ2) is 8.70. The number of hydrogen-bond donors (Lipinski definition) is 1. The van der Waals surface area contributed by atoms with E-state index in [2.05, 4.69) is 29.6 Å². The van der Waals surface area contributed by atoms with Crippen molar-refractivity contribution in [3.05, 3.63) is 35.9 Å². The normalized spacial score (nSPS) is 10.3. The van der Waals surface area contributed by atoms with E-state index in [1.54, 1.807) is 0 Å². The summed E-state index contributed by atoms with van der Waals surface area (Å²) >= 11 is 0. The highest BCUT2D eigenvalue weighted by Gasteiger charge is 2.06. The Morgan fingerprint density at radius 3 is 2.61 bits per heavy atom. The monoisotopic (exact) mass is 248 g/mol. The summed E-state index contributed by atoms with van der Waals surface area (Å²) in [6.45, 7) is 1.61. The van der Waals surface area contributed by atoms with Gasteiger partial charge in [0.15, 0.2) is 0 Å². The molecule has 1 aromatic carbocycles. The van der Waals surface area contributed by atoms with E-state index >= 15 is 0 Å². The van der Waals surface area contributed by atoms with E-state index in [1.165, 1.54) is 5.56 Å². The Hall–Kier alpha value is -1.35. The largest absolute Gasteiger partial charge is 0.346 e. The van der Waals surface area contributed by atoms with Crippen LogP contribution in [-0.2, 0) is 11.2 Å². The van der Waals surface area contributed by atoms with Crippen molar-refractivity contribution in [3.63, 3.8) is 0 Å². The van der Waals surface area contributed by atoms with E-state index in [1.807, 2.05) is 25.1 Å². The van der Waals surface area contributed by atoms with Crippen LogP contribution in [0.2, 0.25) is 0 Å². The summed E-state index contributed by atoms with van der Waals surface area (Å²) < 4.78 is 0. The molecule has 1 amide bonds. The van der Waals surface area contributed by atoms with Gasteiger partial charge in [-0.25, -0.2) is 0 Å². The Kier molecular flexibility index (Phi) is 7.11. The summed E-state index contributed by atoms with van der Waals surface area (Å²) in [6, 6.07) is 10.5. The summed E-state index contributed by atoms with van der Waals surface area (Å²) in [5, 5.41) is 2.99. The first-order chi connectivity index (χ1) is 8.74. The van der Waals surface area contributed by atoms with Crippen molar-refractivity contribution in [2.75, 3.05) is 27.2 Å². The number of benzene rings is 1. The molecule has 0 aromatic heterocycles. The topological polar surface area (TPSA) is 32.3 Å². The highest BCUT2D eigenvalue weighted by atomic mass is 16.2. The van der Waals surface area contributed by atoms with Crippen molar-refractivity contribution in [2.24, 2.45) is 0 Å². The zero-order valence-corrected chi connectivity index (χ0v) is 11.5. The van der Waals surface area contributed by atoms with Crippen LogP contribution >= 0.6 is 0 Å². The van der Waals surface area contributed by atoms with Crippen LogP contribution in [0.25, 0.3) is 0 Å². The average Bonchev–Trinajstić information content (AvgIpc) is 2.41. The SMILES string of the molecule is CNCCC(=O)N(C)CCCCc1ccccc1. The molecule has 0 heterocycles. The number of nitrogens with zero attached hydrogens (tertiary/aromatic N) is 1. The van der Waals surface area contributed by atoms with Gasteiger partial charge in [0.25, 0.3) is 0 Å². The second-order valence-electron chi connectivity index (χ2n) is 4.61. The van der Waals surface area contributed by atoms with E-state index in [0.29, 0.717) is 6.42 Å². The van der Waals surface area contributed by atoms with Gasteiger partial charge in [-0.3, -0.25) is 4.79 Å². The number of unbranched alkanes of at least 4 members (excludes halogenated alkanes) is 1. The first-order valence-electron chi connectivity index (χ1n) is 6.66. The maximum atomic E-state index is 11.7. The molecule has 0 unspecified atom stereocenters. The first kappa shape index (κ1) is 14.7. The van der Waals surface area contributed by atoms with Gasteiger partial charge in [-0.2, -0.15) is 0 Å². The lowest BCUT2D eigenvalue weighted by atomic mass is 10.1. The third-order valence-electron chi connectivity index (χ3n) is 3.07. The van der Waals surface area contributed by atoms with Crippen LogP contribution in [0.4, 0.5) is 0 Å². The number of amides is 1. The molecule has 0 aliphatic carbocycles. The lowest BCUT2D eigenvalue weighted by Gasteiger charge is -2.16. The lowest BCUT2D eigenvalue weighted by Crippen LogP contribution is -2.30. The van der Waals surface area contributed by atoms with E-state index in [-0.39, 0.29) is 5.91 Å². The number of aryl methyl sites for hydroxylation is 1. The highest BCUT2D eigenvalue weighted by Crippen LogP contribution is 2.05. The summed E-state index contributed by atoms with van der Waals surface area (Å²) in [7, 11) is 3.76. The summed E-state index contributed by atoms with van der Waals surface area (Å²) in [5.41, 5.74) is 1.38. The van der Waals surface area contributed by atoms with Gasteiger partial charge in [0.1, 0.15) is 0 Å². The molecule has 0 atom stereocenters. The van der Waals surface area contributed by atoms with E-state index < -0.39 is 0 Å². The first-order valence-corrected chi connectivity index (χ1v) is 6.66. The van der Waals surface area contributed by atoms with E-state index in [9.17, 15) is 4.79 Å². The Labute approximate surface area is 110 Å². The van der Waals surface area contributed by atoms with Gasteiger partial charge in [0.2, 0.25) is 5.91 Å². The lowest BCUT2D eigenvalue weighted by molar-refractivity contribution is -0.129. The molecule has 0 radical (unpaired) electrons. The Morgan fingerprint density at radius 2 is 1.94 bits per heavy atom. The molecule has 3 nitrogen and oxygen atoms in total. The highest BCUT2D eigenvalue weighted by molar-refractivity contribution is 5.75. The van der Waals surface area contributed by atoms with Gasteiger partial charge in [-0.05, 0) is 31.9 Å². The van der Waals surface area contributed by atoms with Gasteiger partial charge < -0.3 is 10.2 Å². The van der Waals surface area contributed by atoms with Crippen LogP contribution in [-0.4, -0.2) is 38.0 Å². The average molecular weight is 248 g/mol. The van der Waals surface area contributed by atoms with Crippen LogP contribution in [0, 0.1) is 0 Å². The van der Waals surface area contributed by atoms with Gasteiger partial charge in [-0.1, -0.05) is 30.3 Å². The minimum Gasteiger partial charge on any atom is -0.346 e. The van der Waals surface area contributed by atoms with Crippen molar-refractivity contribution in [2.45, 2.75) is 25.7 Å². The smallest absolute Gasteiger partial charge is 0.223 e. The summed E-state index contributed by atoms with van der Waals surface area (Å²) in [6.07, 6.45) is 3.88. The molecule has 0 saturated heterocycles. The predicted octanol–water partition coefficient (Wildman–Crippen LogP) is 2.08. The zero-order valence-electron chi connectivity index (χ0n) is 11.5.